The van der Waals surface area contributed by atoms with Gasteiger partial charge in [0, 0.05) is 10.9 Å². The van der Waals surface area contributed by atoms with Gasteiger partial charge in [0.15, 0.2) is 0 Å². The Labute approximate surface area is 131 Å². The molecule has 3 aromatic rings. The average molecular weight is 310 g/mol. The number of carbonyl (C=O) groups excluding carboxylic acids is 1. The van der Waals surface area contributed by atoms with Gasteiger partial charge >= 0.3 is 5.63 Å². The van der Waals surface area contributed by atoms with Gasteiger partial charge in [-0.1, -0.05) is 23.4 Å². The maximum Gasteiger partial charge on any atom is 0.349 e. The van der Waals surface area contributed by atoms with Crippen LogP contribution in [0.15, 0.2) is 44.1 Å². The third-order valence-electron chi connectivity index (χ3n) is 4.07. The number of nitrogens with zero attached hydrogens (tertiary/aromatic N) is 1. The van der Waals surface area contributed by atoms with Crippen molar-refractivity contribution >= 4 is 22.8 Å². The van der Waals surface area contributed by atoms with Crippen molar-refractivity contribution in [1.82, 2.24) is 5.16 Å². The lowest BCUT2D eigenvalue weighted by molar-refractivity contribution is 0.102. The summed E-state index contributed by atoms with van der Waals surface area (Å²) in [4.78, 5) is 24.4. The molecule has 0 spiro atoms. The molecule has 2 aromatic heterocycles. The second-order valence-electron chi connectivity index (χ2n) is 5.58. The van der Waals surface area contributed by atoms with Crippen molar-refractivity contribution in [2.45, 2.75) is 25.7 Å². The second kappa shape index (κ2) is 5.39. The van der Waals surface area contributed by atoms with Gasteiger partial charge in [0.05, 0.1) is 5.69 Å². The molecule has 0 radical (unpaired) electrons. The van der Waals surface area contributed by atoms with E-state index in [2.05, 4.69) is 10.5 Å². The molecule has 6 nitrogen and oxygen atoms in total. The third-order valence-corrected chi connectivity index (χ3v) is 4.07. The van der Waals surface area contributed by atoms with Crippen LogP contribution in [-0.4, -0.2) is 11.1 Å². The smallest absolute Gasteiger partial charge is 0.349 e. The largest absolute Gasteiger partial charge is 0.422 e. The highest BCUT2D eigenvalue weighted by molar-refractivity contribution is 6.05. The Kier molecular flexibility index (Phi) is 3.22. The van der Waals surface area contributed by atoms with Crippen LogP contribution >= 0.6 is 0 Å². The highest BCUT2D eigenvalue weighted by atomic mass is 16.5. The van der Waals surface area contributed by atoms with E-state index in [9.17, 15) is 9.59 Å². The van der Waals surface area contributed by atoms with E-state index in [4.69, 9.17) is 8.94 Å². The molecule has 6 heteroatoms. The van der Waals surface area contributed by atoms with Gasteiger partial charge in [-0.2, -0.15) is 0 Å². The summed E-state index contributed by atoms with van der Waals surface area (Å²) in [7, 11) is 0. The molecule has 0 aliphatic heterocycles. The number of amides is 1. The van der Waals surface area contributed by atoms with Gasteiger partial charge in [0.2, 0.25) is 5.88 Å². The lowest BCUT2D eigenvalue weighted by Gasteiger charge is -2.09. The van der Waals surface area contributed by atoms with Crippen LogP contribution in [0.25, 0.3) is 11.0 Å². The average Bonchev–Trinajstić information content (AvgIpc) is 2.97. The standard InChI is InChI=1S/C17H14N2O4/c20-15(18-16-11-6-2-3-7-13(11)19-23-16)12-9-10-5-1-4-8-14(10)22-17(12)21/h1,4-5,8-9H,2-3,6-7H2,(H,18,20). The van der Waals surface area contributed by atoms with Gasteiger partial charge < -0.3 is 8.94 Å². The van der Waals surface area contributed by atoms with Crippen LogP contribution in [0.3, 0.4) is 0 Å². The number of carbonyl (C=O) groups is 1. The van der Waals surface area contributed by atoms with Crippen molar-refractivity contribution < 1.29 is 13.7 Å². The van der Waals surface area contributed by atoms with Crippen LogP contribution in [0, 0.1) is 0 Å². The fourth-order valence-electron chi connectivity index (χ4n) is 2.88. The van der Waals surface area contributed by atoms with Crippen LogP contribution in [-0.2, 0) is 12.8 Å². The fraction of sp³-hybridized carbons (Fsp3) is 0.235. The molecule has 1 aromatic carbocycles. The van der Waals surface area contributed by atoms with Crippen LogP contribution in [0.1, 0.15) is 34.5 Å². The first-order chi connectivity index (χ1) is 11.2. The molecule has 1 aliphatic carbocycles. The lowest BCUT2D eigenvalue weighted by Crippen LogP contribution is -2.21. The lowest BCUT2D eigenvalue weighted by atomic mass is 9.97. The summed E-state index contributed by atoms with van der Waals surface area (Å²) in [6.07, 6.45) is 3.78. The number of aromatic nitrogens is 1. The van der Waals surface area contributed by atoms with Gasteiger partial charge in [-0.15, -0.1) is 0 Å². The number of hydrogen-bond acceptors (Lipinski definition) is 5. The van der Waals surface area contributed by atoms with E-state index >= 15 is 0 Å². The Bertz CT molecular complexity index is 955. The second-order valence-corrected chi connectivity index (χ2v) is 5.58. The molecule has 0 fully saturated rings. The fourth-order valence-corrected chi connectivity index (χ4v) is 2.88. The number of rotatable bonds is 2. The van der Waals surface area contributed by atoms with Gasteiger partial charge in [0.25, 0.3) is 5.91 Å². The summed E-state index contributed by atoms with van der Waals surface area (Å²) in [5, 5.41) is 7.32. The van der Waals surface area contributed by atoms with Gasteiger partial charge in [-0.05, 0) is 37.8 Å². The third kappa shape index (κ3) is 2.42. The first kappa shape index (κ1) is 13.8. The van der Waals surface area contributed by atoms with E-state index in [0.717, 1.165) is 36.9 Å². The molecule has 116 valence electrons. The normalized spacial score (nSPS) is 13.7. The Morgan fingerprint density at radius 3 is 2.91 bits per heavy atom. The van der Waals surface area contributed by atoms with Crippen LogP contribution in [0.2, 0.25) is 0 Å². The Morgan fingerprint density at radius 1 is 1.17 bits per heavy atom. The number of nitrogens with one attached hydrogen (secondary N) is 1. The highest BCUT2D eigenvalue weighted by Crippen LogP contribution is 2.27. The molecule has 2 heterocycles. The minimum absolute atomic E-state index is 0.0512. The van der Waals surface area contributed by atoms with Crippen molar-refractivity contribution in [3.05, 3.63) is 57.6 Å². The molecule has 4 rings (SSSR count). The van der Waals surface area contributed by atoms with Crippen LogP contribution < -0.4 is 10.9 Å². The summed E-state index contributed by atoms with van der Waals surface area (Å²) in [5.74, 6) is -0.216. The summed E-state index contributed by atoms with van der Waals surface area (Å²) < 4.78 is 10.4. The van der Waals surface area contributed by atoms with Crippen molar-refractivity contribution in [3.63, 3.8) is 0 Å². The van der Waals surface area contributed by atoms with E-state index in [-0.39, 0.29) is 5.56 Å². The molecule has 1 N–H and O–H groups in total. The van der Waals surface area contributed by atoms with E-state index in [1.165, 1.54) is 6.07 Å². The SMILES string of the molecule is O=C(Nc1onc2c1CCCC2)c1cc2ccccc2oc1=O. The zero-order chi connectivity index (χ0) is 15.8. The number of aryl methyl sites for hydroxylation is 1. The molecule has 0 bridgehead atoms. The Balaban J connectivity index is 1.68. The van der Waals surface area contributed by atoms with E-state index in [1.807, 2.05) is 6.07 Å². The molecule has 0 saturated carbocycles. The van der Waals surface area contributed by atoms with Gasteiger partial charge in [-0.3, -0.25) is 10.1 Å². The number of hydrogen-bond donors (Lipinski definition) is 1. The molecule has 0 atom stereocenters. The molecular weight excluding hydrogens is 296 g/mol. The maximum atomic E-state index is 12.4. The van der Waals surface area contributed by atoms with E-state index in [1.54, 1.807) is 18.2 Å². The van der Waals surface area contributed by atoms with Crippen molar-refractivity contribution in [2.75, 3.05) is 5.32 Å². The Morgan fingerprint density at radius 2 is 2.00 bits per heavy atom. The molecule has 1 aliphatic rings. The number of benzene rings is 1. The first-order valence-corrected chi connectivity index (χ1v) is 7.54. The predicted molar refractivity (Wildman–Crippen MR) is 83.6 cm³/mol. The van der Waals surface area contributed by atoms with Crippen LogP contribution in [0.5, 0.6) is 0 Å². The Hall–Kier alpha value is -2.89. The molecular formula is C17H14N2O4. The molecule has 1 amide bonds. The summed E-state index contributed by atoms with van der Waals surface area (Å²) in [5.41, 5.74) is 1.54. The number of para-hydroxylation sites is 1. The minimum Gasteiger partial charge on any atom is -0.422 e. The first-order valence-electron chi connectivity index (χ1n) is 7.54. The molecule has 0 saturated heterocycles. The predicted octanol–water partition coefficient (Wildman–Crippen LogP) is 2.91. The zero-order valence-electron chi connectivity index (χ0n) is 12.3. The van der Waals surface area contributed by atoms with Crippen molar-refractivity contribution in [1.29, 1.82) is 0 Å². The number of fused-ring (bicyclic) bond motifs is 2. The molecule has 0 unspecified atom stereocenters. The van der Waals surface area contributed by atoms with Gasteiger partial charge in [0.1, 0.15) is 11.1 Å². The van der Waals surface area contributed by atoms with Crippen molar-refractivity contribution in [2.24, 2.45) is 0 Å². The van der Waals surface area contributed by atoms with Crippen LogP contribution in [0.4, 0.5) is 5.88 Å². The topological polar surface area (TPSA) is 85.3 Å². The summed E-state index contributed by atoms with van der Waals surface area (Å²) >= 11 is 0. The highest BCUT2D eigenvalue weighted by Gasteiger charge is 2.22. The van der Waals surface area contributed by atoms with E-state index in [0.29, 0.717) is 16.9 Å². The quantitative estimate of drug-likeness (QED) is 0.736. The van der Waals surface area contributed by atoms with E-state index < -0.39 is 11.5 Å². The summed E-state index contributed by atoms with van der Waals surface area (Å²) in [6.45, 7) is 0. The van der Waals surface area contributed by atoms with Gasteiger partial charge in [-0.25, -0.2) is 4.79 Å². The monoisotopic (exact) mass is 310 g/mol. The minimum atomic E-state index is -0.672. The maximum absolute atomic E-state index is 12.4. The summed E-state index contributed by atoms with van der Waals surface area (Å²) in [6, 6.07) is 8.58. The number of anilines is 1. The molecule has 23 heavy (non-hydrogen) atoms. The van der Waals surface area contributed by atoms with Crippen molar-refractivity contribution in [3.8, 4) is 0 Å². The zero-order valence-corrected chi connectivity index (χ0v) is 12.3.